The molecule has 0 unspecified atom stereocenters. The molecule has 1 aromatic heterocycles. The van der Waals surface area contributed by atoms with Crippen molar-refractivity contribution in [1.82, 2.24) is 15.1 Å². The zero-order chi connectivity index (χ0) is 14.5. The van der Waals surface area contributed by atoms with Crippen LogP contribution in [0.1, 0.15) is 19.4 Å². The summed E-state index contributed by atoms with van der Waals surface area (Å²) in [6, 6.07) is 9.36. The molecule has 0 fully saturated rings. The summed E-state index contributed by atoms with van der Waals surface area (Å²) in [5.41, 5.74) is 7.72. The monoisotopic (exact) mass is 272 g/mol. The highest BCUT2D eigenvalue weighted by Crippen LogP contribution is 2.07. The zero-order valence-corrected chi connectivity index (χ0v) is 11.8. The third-order valence-electron chi connectivity index (χ3n) is 3.14. The summed E-state index contributed by atoms with van der Waals surface area (Å²) in [6.45, 7) is 4.29. The van der Waals surface area contributed by atoms with Crippen LogP contribution in [0, 0.1) is 5.92 Å². The van der Waals surface area contributed by atoms with E-state index in [1.54, 1.807) is 10.9 Å². The van der Waals surface area contributed by atoms with Crippen molar-refractivity contribution < 1.29 is 4.79 Å². The smallest absolute Gasteiger partial charge is 0.237 e. The number of nitrogens with zero attached hydrogens (tertiary/aromatic N) is 2. The van der Waals surface area contributed by atoms with Crippen LogP contribution in [0.3, 0.4) is 0 Å². The van der Waals surface area contributed by atoms with E-state index in [0.717, 1.165) is 11.3 Å². The number of carbonyl (C=O) groups is 1. The van der Waals surface area contributed by atoms with Crippen LogP contribution in [0.5, 0.6) is 0 Å². The van der Waals surface area contributed by atoms with Gasteiger partial charge < -0.3 is 11.1 Å². The van der Waals surface area contributed by atoms with Crippen molar-refractivity contribution in [3.05, 3.63) is 48.3 Å². The van der Waals surface area contributed by atoms with Crippen LogP contribution in [0.15, 0.2) is 42.7 Å². The van der Waals surface area contributed by atoms with Gasteiger partial charge in [-0.3, -0.25) is 4.79 Å². The zero-order valence-electron chi connectivity index (χ0n) is 11.8. The third-order valence-corrected chi connectivity index (χ3v) is 3.14. The molecule has 0 aliphatic carbocycles. The predicted octanol–water partition coefficient (Wildman–Crippen LogP) is 1.47. The van der Waals surface area contributed by atoms with Crippen molar-refractivity contribution in [3.8, 4) is 5.69 Å². The molecule has 0 aliphatic heterocycles. The first kappa shape index (κ1) is 14.3. The van der Waals surface area contributed by atoms with Gasteiger partial charge in [0, 0.05) is 18.3 Å². The lowest BCUT2D eigenvalue weighted by Crippen LogP contribution is -2.43. The van der Waals surface area contributed by atoms with Crippen LogP contribution in [0.4, 0.5) is 0 Å². The molecule has 3 N–H and O–H groups in total. The average Bonchev–Trinajstić information content (AvgIpc) is 2.93. The van der Waals surface area contributed by atoms with Gasteiger partial charge in [-0.1, -0.05) is 32.0 Å². The van der Waals surface area contributed by atoms with Crippen molar-refractivity contribution >= 4 is 5.91 Å². The second-order valence-electron chi connectivity index (χ2n) is 5.12. The number of nitrogens with one attached hydrogen (secondary N) is 1. The standard InChI is InChI=1S/C15H20N4O/c1-11(2)14(16)15(20)17-8-12-9-18-19(10-12)13-6-4-3-5-7-13/h3-7,9-11,14H,8,16H2,1-2H3,(H,17,20)/t14-/m0/s1. The van der Waals surface area contributed by atoms with Gasteiger partial charge in [0.25, 0.3) is 0 Å². The summed E-state index contributed by atoms with van der Waals surface area (Å²) in [7, 11) is 0. The Morgan fingerprint density at radius 2 is 2.05 bits per heavy atom. The van der Waals surface area contributed by atoms with E-state index in [2.05, 4.69) is 10.4 Å². The first-order valence-corrected chi connectivity index (χ1v) is 6.70. The highest BCUT2D eigenvalue weighted by atomic mass is 16.2. The molecule has 5 heteroatoms. The normalized spacial score (nSPS) is 12.4. The fourth-order valence-electron chi connectivity index (χ4n) is 1.78. The molecule has 0 spiro atoms. The van der Waals surface area contributed by atoms with Crippen LogP contribution in [-0.4, -0.2) is 21.7 Å². The molecule has 1 amide bonds. The van der Waals surface area contributed by atoms with Gasteiger partial charge >= 0.3 is 0 Å². The molecule has 1 atom stereocenters. The highest BCUT2D eigenvalue weighted by molar-refractivity contribution is 5.81. The van der Waals surface area contributed by atoms with E-state index < -0.39 is 6.04 Å². The summed E-state index contributed by atoms with van der Waals surface area (Å²) >= 11 is 0. The lowest BCUT2D eigenvalue weighted by atomic mass is 10.1. The summed E-state index contributed by atoms with van der Waals surface area (Å²) in [6.07, 6.45) is 3.64. The SMILES string of the molecule is CC(C)[C@H](N)C(=O)NCc1cnn(-c2ccccc2)c1. The Morgan fingerprint density at radius 3 is 2.70 bits per heavy atom. The Labute approximate surface area is 118 Å². The van der Waals surface area contributed by atoms with Crippen molar-refractivity contribution in [3.63, 3.8) is 0 Å². The Kier molecular flexibility index (Phi) is 4.53. The Balaban J connectivity index is 1.96. The van der Waals surface area contributed by atoms with Crippen LogP contribution in [0.25, 0.3) is 5.69 Å². The number of nitrogens with two attached hydrogens (primary N) is 1. The molecule has 20 heavy (non-hydrogen) atoms. The third kappa shape index (κ3) is 3.45. The van der Waals surface area contributed by atoms with E-state index >= 15 is 0 Å². The second kappa shape index (κ2) is 6.34. The first-order valence-electron chi connectivity index (χ1n) is 6.70. The summed E-state index contributed by atoms with van der Waals surface area (Å²) in [5.74, 6) is -0.00509. The van der Waals surface area contributed by atoms with Gasteiger partial charge in [0.2, 0.25) is 5.91 Å². The van der Waals surface area contributed by atoms with Gasteiger partial charge in [0.15, 0.2) is 0 Å². The van der Waals surface area contributed by atoms with Gasteiger partial charge in [0.1, 0.15) is 0 Å². The van der Waals surface area contributed by atoms with Crippen molar-refractivity contribution in [2.45, 2.75) is 26.4 Å². The maximum absolute atomic E-state index is 11.8. The Bertz CT molecular complexity index is 562. The van der Waals surface area contributed by atoms with E-state index in [1.165, 1.54) is 0 Å². The Morgan fingerprint density at radius 1 is 1.35 bits per heavy atom. The number of aromatic nitrogens is 2. The number of amides is 1. The average molecular weight is 272 g/mol. The highest BCUT2D eigenvalue weighted by Gasteiger charge is 2.16. The molecular weight excluding hydrogens is 252 g/mol. The summed E-state index contributed by atoms with van der Waals surface area (Å²) < 4.78 is 1.78. The molecule has 5 nitrogen and oxygen atoms in total. The van der Waals surface area contributed by atoms with Crippen LogP contribution in [-0.2, 0) is 11.3 Å². The topological polar surface area (TPSA) is 72.9 Å². The van der Waals surface area contributed by atoms with E-state index in [9.17, 15) is 4.79 Å². The van der Waals surface area contributed by atoms with Crippen molar-refractivity contribution in [2.75, 3.05) is 0 Å². The Hall–Kier alpha value is -2.14. The number of hydrogen-bond acceptors (Lipinski definition) is 3. The molecule has 2 aromatic rings. The molecule has 0 bridgehead atoms. The van der Waals surface area contributed by atoms with Crippen LogP contribution >= 0.6 is 0 Å². The molecule has 1 aromatic carbocycles. The number of rotatable bonds is 5. The van der Waals surface area contributed by atoms with Gasteiger partial charge in [-0.2, -0.15) is 5.10 Å². The number of benzene rings is 1. The van der Waals surface area contributed by atoms with Gasteiger partial charge in [0.05, 0.1) is 17.9 Å². The van der Waals surface area contributed by atoms with E-state index in [-0.39, 0.29) is 11.8 Å². The van der Waals surface area contributed by atoms with Crippen molar-refractivity contribution in [1.29, 1.82) is 0 Å². The molecule has 1 heterocycles. The minimum absolute atomic E-state index is 0.127. The molecule has 0 saturated carbocycles. The van der Waals surface area contributed by atoms with E-state index in [4.69, 9.17) is 5.73 Å². The van der Waals surface area contributed by atoms with E-state index in [0.29, 0.717) is 6.54 Å². The van der Waals surface area contributed by atoms with Gasteiger partial charge in [-0.25, -0.2) is 4.68 Å². The number of carbonyl (C=O) groups excluding carboxylic acids is 1. The summed E-state index contributed by atoms with van der Waals surface area (Å²) in [4.78, 5) is 11.8. The quantitative estimate of drug-likeness (QED) is 0.865. The minimum Gasteiger partial charge on any atom is -0.351 e. The van der Waals surface area contributed by atoms with Crippen molar-refractivity contribution in [2.24, 2.45) is 11.7 Å². The van der Waals surface area contributed by atoms with Gasteiger partial charge in [-0.05, 0) is 18.1 Å². The maximum Gasteiger partial charge on any atom is 0.237 e. The molecule has 0 radical (unpaired) electrons. The summed E-state index contributed by atoms with van der Waals surface area (Å²) in [5, 5.41) is 7.11. The lowest BCUT2D eigenvalue weighted by molar-refractivity contribution is -0.123. The second-order valence-corrected chi connectivity index (χ2v) is 5.12. The molecule has 0 aliphatic rings. The van der Waals surface area contributed by atoms with E-state index in [1.807, 2.05) is 50.4 Å². The largest absolute Gasteiger partial charge is 0.351 e. The van der Waals surface area contributed by atoms with Crippen LogP contribution in [0.2, 0.25) is 0 Å². The lowest BCUT2D eigenvalue weighted by Gasteiger charge is -2.14. The predicted molar refractivity (Wildman–Crippen MR) is 78.2 cm³/mol. The number of para-hydroxylation sites is 1. The first-order chi connectivity index (χ1) is 9.58. The molecular formula is C15H20N4O. The van der Waals surface area contributed by atoms with Gasteiger partial charge in [-0.15, -0.1) is 0 Å². The molecule has 0 saturated heterocycles. The molecule has 2 rings (SSSR count). The van der Waals surface area contributed by atoms with Crippen LogP contribution < -0.4 is 11.1 Å². The molecule has 106 valence electrons. The number of hydrogen-bond donors (Lipinski definition) is 2. The fraction of sp³-hybridized carbons (Fsp3) is 0.333. The minimum atomic E-state index is -0.473. The fourth-order valence-corrected chi connectivity index (χ4v) is 1.78. The maximum atomic E-state index is 11.8.